The first-order valence-electron chi connectivity index (χ1n) is 6.39. The number of carboxylic acids is 1. The summed E-state index contributed by atoms with van der Waals surface area (Å²) in [5.74, 6) is -0.857. The molecule has 1 aromatic carbocycles. The maximum Gasteiger partial charge on any atom is 0.317 e. The van der Waals surface area contributed by atoms with E-state index in [4.69, 9.17) is 9.84 Å². The lowest BCUT2D eigenvalue weighted by Gasteiger charge is -2.20. The summed E-state index contributed by atoms with van der Waals surface area (Å²) in [6, 6.07) is 5.19. The van der Waals surface area contributed by atoms with Gasteiger partial charge in [-0.1, -0.05) is 22.9 Å². The molecule has 21 heavy (non-hydrogen) atoms. The quantitative estimate of drug-likeness (QED) is 0.817. The Kier molecular flexibility index (Phi) is 6.48. The second-order valence-electron chi connectivity index (χ2n) is 4.73. The number of nitrogens with zero attached hydrogens (tertiary/aromatic N) is 1. The zero-order valence-electron chi connectivity index (χ0n) is 12.2. The molecule has 2 N–H and O–H groups in total. The molecule has 0 aliphatic heterocycles. The average Bonchev–Trinajstić information content (AvgIpc) is 2.44. The number of ether oxygens (including phenoxy) is 1. The first kappa shape index (κ1) is 17.3. The van der Waals surface area contributed by atoms with Gasteiger partial charge >= 0.3 is 12.0 Å². The van der Waals surface area contributed by atoms with E-state index in [0.717, 1.165) is 10.0 Å². The van der Waals surface area contributed by atoms with Crippen molar-refractivity contribution in [1.82, 2.24) is 10.2 Å². The van der Waals surface area contributed by atoms with Crippen molar-refractivity contribution in [2.45, 2.75) is 13.5 Å². The van der Waals surface area contributed by atoms with Gasteiger partial charge in [0.15, 0.2) is 0 Å². The van der Waals surface area contributed by atoms with Crippen LogP contribution in [0.25, 0.3) is 0 Å². The van der Waals surface area contributed by atoms with E-state index < -0.39 is 11.9 Å². The molecular weight excluding hydrogens is 340 g/mol. The third-order valence-corrected chi connectivity index (χ3v) is 3.48. The maximum atomic E-state index is 11.9. The van der Waals surface area contributed by atoms with Crippen LogP contribution in [0.2, 0.25) is 0 Å². The zero-order valence-corrected chi connectivity index (χ0v) is 13.8. The van der Waals surface area contributed by atoms with Crippen LogP contribution >= 0.6 is 15.9 Å². The summed E-state index contributed by atoms with van der Waals surface area (Å²) in [6.45, 7) is 2.01. The highest BCUT2D eigenvalue weighted by atomic mass is 79.9. The predicted octanol–water partition coefficient (Wildman–Crippen LogP) is 2.32. The monoisotopic (exact) mass is 358 g/mol. The first-order chi connectivity index (χ1) is 9.85. The Bertz CT molecular complexity index is 522. The molecule has 0 bridgehead atoms. The molecule has 0 spiro atoms. The molecule has 0 fully saturated rings. The van der Waals surface area contributed by atoms with Gasteiger partial charge < -0.3 is 20.1 Å². The van der Waals surface area contributed by atoms with Crippen molar-refractivity contribution in [3.8, 4) is 5.75 Å². The minimum atomic E-state index is -0.927. The highest BCUT2D eigenvalue weighted by Gasteiger charge is 2.17. The number of carbonyl (C=O) groups excluding carboxylic acids is 1. The molecule has 2 amide bonds. The Morgan fingerprint density at radius 3 is 2.71 bits per heavy atom. The minimum Gasteiger partial charge on any atom is -0.496 e. The highest BCUT2D eigenvalue weighted by molar-refractivity contribution is 9.10. The van der Waals surface area contributed by atoms with Gasteiger partial charge in [-0.2, -0.15) is 0 Å². The Labute approximate surface area is 132 Å². The summed E-state index contributed by atoms with van der Waals surface area (Å²) >= 11 is 3.37. The minimum absolute atomic E-state index is 0.150. The van der Waals surface area contributed by atoms with Crippen LogP contribution in [0, 0.1) is 5.92 Å². The van der Waals surface area contributed by atoms with E-state index in [0.29, 0.717) is 12.3 Å². The second-order valence-corrected chi connectivity index (χ2v) is 5.65. The number of amides is 2. The van der Waals surface area contributed by atoms with Crippen LogP contribution in [0.5, 0.6) is 5.75 Å². The number of urea groups is 1. The summed E-state index contributed by atoms with van der Waals surface area (Å²) < 4.78 is 6.11. The maximum absolute atomic E-state index is 11.9. The molecule has 116 valence electrons. The number of carbonyl (C=O) groups is 2. The van der Waals surface area contributed by atoms with Crippen molar-refractivity contribution in [2.24, 2.45) is 5.92 Å². The number of hydrogen-bond donors (Lipinski definition) is 2. The van der Waals surface area contributed by atoms with E-state index >= 15 is 0 Å². The zero-order chi connectivity index (χ0) is 16.0. The molecule has 0 radical (unpaired) electrons. The van der Waals surface area contributed by atoms with Crippen molar-refractivity contribution in [3.63, 3.8) is 0 Å². The summed E-state index contributed by atoms with van der Waals surface area (Å²) in [5, 5.41) is 11.6. The molecule has 7 heteroatoms. The number of carboxylic acid groups (broad SMARTS) is 1. The molecule has 0 saturated carbocycles. The number of benzene rings is 1. The van der Waals surface area contributed by atoms with E-state index in [2.05, 4.69) is 21.2 Å². The number of nitrogens with one attached hydrogen (secondary N) is 1. The number of hydrogen-bond acceptors (Lipinski definition) is 3. The fraction of sp³-hybridized carbons (Fsp3) is 0.429. The van der Waals surface area contributed by atoms with Gasteiger partial charge in [0.2, 0.25) is 0 Å². The standard InChI is InChI=1S/C14H19BrN2O4/c1-9(13(18)19)8-17(2)14(20)16-7-10-6-11(15)4-5-12(10)21-3/h4-6,9H,7-8H2,1-3H3,(H,16,20)(H,18,19). The Morgan fingerprint density at radius 2 is 2.14 bits per heavy atom. The normalized spacial score (nSPS) is 11.6. The molecule has 0 aliphatic rings. The fourth-order valence-electron chi connectivity index (χ4n) is 1.76. The molecule has 1 atom stereocenters. The number of halogens is 1. The number of rotatable bonds is 6. The Morgan fingerprint density at radius 1 is 1.48 bits per heavy atom. The van der Waals surface area contributed by atoms with Crippen molar-refractivity contribution in [1.29, 1.82) is 0 Å². The molecular formula is C14H19BrN2O4. The fourth-order valence-corrected chi connectivity index (χ4v) is 2.17. The van der Waals surface area contributed by atoms with Crippen molar-refractivity contribution >= 4 is 27.9 Å². The molecule has 6 nitrogen and oxygen atoms in total. The van der Waals surface area contributed by atoms with Crippen molar-refractivity contribution < 1.29 is 19.4 Å². The third-order valence-electron chi connectivity index (χ3n) is 2.99. The van der Waals surface area contributed by atoms with E-state index in [1.54, 1.807) is 21.1 Å². The van der Waals surface area contributed by atoms with Crippen LogP contribution < -0.4 is 10.1 Å². The summed E-state index contributed by atoms with van der Waals surface area (Å²) in [5.41, 5.74) is 0.833. The van der Waals surface area contributed by atoms with Gasteiger partial charge in [-0.25, -0.2) is 4.79 Å². The van der Waals surface area contributed by atoms with Gasteiger partial charge in [-0.3, -0.25) is 4.79 Å². The van der Waals surface area contributed by atoms with Crippen LogP contribution in [0.15, 0.2) is 22.7 Å². The van der Waals surface area contributed by atoms with Gasteiger partial charge in [-0.15, -0.1) is 0 Å². The van der Waals surface area contributed by atoms with Crippen LogP contribution in [0.1, 0.15) is 12.5 Å². The predicted molar refractivity (Wildman–Crippen MR) is 82.4 cm³/mol. The molecule has 1 unspecified atom stereocenters. The van der Waals surface area contributed by atoms with Crippen LogP contribution in [0.4, 0.5) is 4.79 Å². The van der Waals surface area contributed by atoms with Gasteiger partial charge in [-0.05, 0) is 18.2 Å². The number of aliphatic carboxylic acids is 1. The van der Waals surface area contributed by atoms with E-state index in [1.807, 2.05) is 18.2 Å². The first-order valence-corrected chi connectivity index (χ1v) is 7.18. The topological polar surface area (TPSA) is 78.9 Å². The van der Waals surface area contributed by atoms with Gasteiger partial charge in [0.05, 0.1) is 13.0 Å². The van der Waals surface area contributed by atoms with Gasteiger partial charge in [0, 0.05) is 30.2 Å². The highest BCUT2D eigenvalue weighted by Crippen LogP contribution is 2.22. The van der Waals surface area contributed by atoms with Crippen LogP contribution in [-0.2, 0) is 11.3 Å². The lowest BCUT2D eigenvalue weighted by Crippen LogP contribution is -2.40. The average molecular weight is 359 g/mol. The number of methoxy groups -OCH3 is 1. The third kappa shape index (κ3) is 5.26. The van der Waals surface area contributed by atoms with Crippen LogP contribution in [0.3, 0.4) is 0 Å². The van der Waals surface area contributed by atoms with Gasteiger partial charge in [0.25, 0.3) is 0 Å². The lowest BCUT2D eigenvalue weighted by atomic mass is 10.2. The lowest BCUT2D eigenvalue weighted by molar-refractivity contribution is -0.141. The van der Waals surface area contributed by atoms with E-state index in [-0.39, 0.29) is 12.6 Å². The molecule has 0 aromatic heterocycles. The molecule has 0 aliphatic carbocycles. The smallest absolute Gasteiger partial charge is 0.317 e. The SMILES string of the molecule is COc1ccc(Br)cc1CNC(=O)N(C)CC(C)C(=O)O. The summed E-state index contributed by atoms with van der Waals surface area (Å²) in [4.78, 5) is 24.1. The van der Waals surface area contributed by atoms with E-state index in [9.17, 15) is 9.59 Å². The summed E-state index contributed by atoms with van der Waals surface area (Å²) in [7, 11) is 3.13. The Hall–Kier alpha value is -1.76. The molecule has 0 heterocycles. The van der Waals surface area contributed by atoms with Crippen LogP contribution in [-0.4, -0.2) is 42.7 Å². The second kappa shape index (κ2) is 7.87. The van der Waals surface area contributed by atoms with Crippen molar-refractivity contribution in [2.75, 3.05) is 20.7 Å². The Balaban J connectivity index is 2.60. The van der Waals surface area contributed by atoms with E-state index in [1.165, 1.54) is 4.90 Å². The molecule has 0 saturated heterocycles. The largest absolute Gasteiger partial charge is 0.496 e. The van der Waals surface area contributed by atoms with Gasteiger partial charge in [0.1, 0.15) is 5.75 Å². The summed E-state index contributed by atoms with van der Waals surface area (Å²) in [6.07, 6.45) is 0. The molecule has 1 aromatic rings. The molecule has 1 rings (SSSR count). The van der Waals surface area contributed by atoms with Crippen molar-refractivity contribution in [3.05, 3.63) is 28.2 Å².